The lowest BCUT2D eigenvalue weighted by Gasteiger charge is -1.97. The highest BCUT2D eigenvalue weighted by atomic mass is 79.9. The maximum absolute atomic E-state index is 5.53. The van der Waals surface area contributed by atoms with E-state index in [0.29, 0.717) is 6.54 Å². The molecule has 3 aromatic rings. The van der Waals surface area contributed by atoms with E-state index in [4.69, 9.17) is 5.73 Å². The van der Waals surface area contributed by atoms with Crippen LogP contribution in [-0.2, 0) is 6.42 Å². The van der Waals surface area contributed by atoms with Gasteiger partial charge in [-0.1, -0.05) is 0 Å². The Bertz CT molecular complexity index is 688. The standard InChI is InChI=1S/C12H11BrN4S/c13-8-5-11(18-7-8)10-1-2-12-15-9(3-4-14)6-17(12)16-10/h1-2,5-7H,3-4,14H2. The average molecular weight is 323 g/mol. The first-order valence-corrected chi connectivity index (χ1v) is 7.23. The van der Waals surface area contributed by atoms with E-state index in [9.17, 15) is 0 Å². The predicted octanol–water partition coefficient (Wildman–Crippen LogP) is 2.72. The van der Waals surface area contributed by atoms with Crippen LogP contribution in [0.15, 0.2) is 34.2 Å². The number of nitrogens with zero attached hydrogens (tertiary/aromatic N) is 3. The lowest BCUT2D eigenvalue weighted by Crippen LogP contribution is -2.02. The largest absolute Gasteiger partial charge is 0.330 e. The fraction of sp³-hybridized carbons (Fsp3) is 0.167. The fourth-order valence-electron chi connectivity index (χ4n) is 1.78. The van der Waals surface area contributed by atoms with Gasteiger partial charge in [0.15, 0.2) is 5.65 Å². The van der Waals surface area contributed by atoms with Crippen LogP contribution in [0.4, 0.5) is 0 Å². The first-order chi connectivity index (χ1) is 8.76. The molecule has 0 atom stereocenters. The first kappa shape index (κ1) is 11.8. The van der Waals surface area contributed by atoms with Crippen molar-refractivity contribution in [1.82, 2.24) is 14.6 Å². The van der Waals surface area contributed by atoms with E-state index in [1.54, 1.807) is 11.3 Å². The lowest BCUT2D eigenvalue weighted by atomic mass is 10.3. The zero-order valence-corrected chi connectivity index (χ0v) is 11.9. The molecule has 0 aliphatic carbocycles. The molecule has 0 fully saturated rings. The second kappa shape index (κ2) is 4.79. The van der Waals surface area contributed by atoms with Crippen molar-refractivity contribution < 1.29 is 0 Å². The van der Waals surface area contributed by atoms with E-state index < -0.39 is 0 Å². The Morgan fingerprint density at radius 1 is 1.39 bits per heavy atom. The van der Waals surface area contributed by atoms with Gasteiger partial charge in [0.1, 0.15) is 5.69 Å². The van der Waals surface area contributed by atoms with Crippen molar-refractivity contribution in [2.45, 2.75) is 6.42 Å². The molecule has 0 saturated heterocycles. The highest BCUT2D eigenvalue weighted by Crippen LogP contribution is 2.28. The van der Waals surface area contributed by atoms with Gasteiger partial charge in [0.05, 0.1) is 16.8 Å². The smallest absolute Gasteiger partial charge is 0.153 e. The second-order valence-corrected chi connectivity index (χ2v) is 5.75. The minimum atomic E-state index is 0.606. The molecule has 0 saturated carbocycles. The van der Waals surface area contributed by atoms with Crippen LogP contribution < -0.4 is 5.73 Å². The van der Waals surface area contributed by atoms with Gasteiger partial charge < -0.3 is 5.73 Å². The van der Waals surface area contributed by atoms with E-state index in [0.717, 1.165) is 32.8 Å². The second-order valence-electron chi connectivity index (χ2n) is 3.92. The maximum atomic E-state index is 5.53. The van der Waals surface area contributed by atoms with Crippen molar-refractivity contribution >= 4 is 32.9 Å². The number of hydrogen-bond acceptors (Lipinski definition) is 4. The van der Waals surface area contributed by atoms with Crippen LogP contribution in [0.1, 0.15) is 5.69 Å². The predicted molar refractivity (Wildman–Crippen MR) is 76.8 cm³/mol. The molecule has 0 aromatic carbocycles. The molecule has 3 rings (SSSR count). The SMILES string of the molecule is NCCc1cn2nc(-c3cc(Br)cs3)ccc2n1. The topological polar surface area (TPSA) is 56.2 Å². The van der Waals surface area contributed by atoms with Crippen molar-refractivity contribution in [1.29, 1.82) is 0 Å². The van der Waals surface area contributed by atoms with Crippen LogP contribution in [0.25, 0.3) is 16.2 Å². The van der Waals surface area contributed by atoms with Crippen molar-refractivity contribution in [2.75, 3.05) is 6.54 Å². The van der Waals surface area contributed by atoms with Gasteiger partial charge in [0, 0.05) is 16.3 Å². The number of thiophene rings is 1. The first-order valence-electron chi connectivity index (χ1n) is 5.56. The van der Waals surface area contributed by atoms with Crippen molar-refractivity contribution in [3.05, 3.63) is 39.9 Å². The van der Waals surface area contributed by atoms with E-state index in [-0.39, 0.29) is 0 Å². The number of imidazole rings is 1. The van der Waals surface area contributed by atoms with E-state index in [1.807, 2.05) is 22.8 Å². The molecule has 18 heavy (non-hydrogen) atoms. The molecule has 4 nitrogen and oxygen atoms in total. The summed E-state index contributed by atoms with van der Waals surface area (Å²) < 4.78 is 2.90. The van der Waals surface area contributed by atoms with Gasteiger partial charge in [-0.15, -0.1) is 11.3 Å². The Morgan fingerprint density at radius 2 is 2.28 bits per heavy atom. The summed E-state index contributed by atoms with van der Waals surface area (Å²) in [7, 11) is 0. The minimum Gasteiger partial charge on any atom is -0.330 e. The summed E-state index contributed by atoms with van der Waals surface area (Å²) in [5.74, 6) is 0. The molecule has 0 aliphatic heterocycles. The Kier molecular flexibility index (Phi) is 3.15. The summed E-state index contributed by atoms with van der Waals surface area (Å²) in [6.45, 7) is 0.606. The molecule has 0 aliphatic rings. The monoisotopic (exact) mass is 322 g/mol. The van der Waals surface area contributed by atoms with Crippen LogP contribution in [0.5, 0.6) is 0 Å². The van der Waals surface area contributed by atoms with Crippen LogP contribution in [0.3, 0.4) is 0 Å². The summed E-state index contributed by atoms with van der Waals surface area (Å²) in [5, 5.41) is 6.62. The van der Waals surface area contributed by atoms with Crippen LogP contribution in [0, 0.1) is 0 Å². The Balaban J connectivity index is 2.05. The molecule has 3 aromatic heterocycles. The van der Waals surface area contributed by atoms with Gasteiger partial charge in [0.25, 0.3) is 0 Å². The molecular weight excluding hydrogens is 312 g/mol. The third-order valence-corrected chi connectivity index (χ3v) is 4.30. The molecule has 0 spiro atoms. The molecule has 92 valence electrons. The average Bonchev–Trinajstić information content (AvgIpc) is 2.94. The van der Waals surface area contributed by atoms with Crippen LogP contribution >= 0.6 is 27.3 Å². The number of hydrogen-bond donors (Lipinski definition) is 1. The number of aromatic nitrogens is 3. The fourth-order valence-corrected chi connectivity index (χ4v) is 3.17. The molecule has 0 unspecified atom stereocenters. The van der Waals surface area contributed by atoms with Gasteiger partial charge in [-0.3, -0.25) is 0 Å². The number of rotatable bonds is 3. The highest BCUT2D eigenvalue weighted by molar-refractivity contribution is 9.10. The third-order valence-electron chi connectivity index (χ3n) is 2.59. The van der Waals surface area contributed by atoms with Gasteiger partial charge in [-0.25, -0.2) is 9.50 Å². The van der Waals surface area contributed by atoms with Crippen molar-refractivity contribution in [3.8, 4) is 10.6 Å². The van der Waals surface area contributed by atoms with Gasteiger partial charge in [-0.05, 0) is 40.7 Å². The molecule has 0 radical (unpaired) electrons. The van der Waals surface area contributed by atoms with Gasteiger partial charge >= 0.3 is 0 Å². The van der Waals surface area contributed by atoms with Crippen molar-refractivity contribution in [3.63, 3.8) is 0 Å². The summed E-state index contributed by atoms with van der Waals surface area (Å²) >= 11 is 5.12. The molecule has 3 heterocycles. The van der Waals surface area contributed by atoms with Crippen molar-refractivity contribution in [2.24, 2.45) is 5.73 Å². The third kappa shape index (κ3) is 2.19. The van der Waals surface area contributed by atoms with Gasteiger partial charge in [-0.2, -0.15) is 5.10 Å². The molecule has 6 heteroatoms. The summed E-state index contributed by atoms with van der Waals surface area (Å²) in [4.78, 5) is 5.59. The molecule has 0 bridgehead atoms. The van der Waals surface area contributed by atoms with E-state index in [2.05, 4.69) is 37.5 Å². The zero-order valence-electron chi connectivity index (χ0n) is 9.51. The molecular formula is C12H11BrN4S. The van der Waals surface area contributed by atoms with E-state index >= 15 is 0 Å². The Morgan fingerprint density at radius 3 is 3.00 bits per heavy atom. The van der Waals surface area contributed by atoms with Crippen LogP contribution in [-0.4, -0.2) is 21.1 Å². The number of fused-ring (bicyclic) bond motifs is 1. The number of halogens is 1. The molecule has 0 amide bonds. The van der Waals surface area contributed by atoms with Gasteiger partial charge in [0.2, 0.25) is 0 Å². The maximum Gasteiger partial charge on any atom is 0.153 e. The summed E-state index contributed by atoms with van der Waals surface area (Å²) in [6.07, 6.45) is 2.72. The summed E-state index contributed by atoms with van der Waals surface area (Å²) in [6, 6.07) is 6.04. The zero-order chi connectivity index (χ0) is 12.5. The Labute approximate surface area is 117 Å². The quantitative estimate of drug-likeness (QED) is 0.806. The lowest BCUT2D eigenvalue weighted by molar-refractivity contribution is 0.918. The highest BCUT2D eigenvalue weighted by Gasteiger charge is 2.06. The Hall–Kier alpha value is -1.24. The minimum absolute atomic E-state index is 0.606. The molecule has 2 N–H and O–H groups in total. The van der Waals surface area contributed by atoms with E-state index in [1.165, 1.54) is 0 Å². The number of nitrogens with two attached hydrogens (primary N) is 1. The van der Waals surface area contributed by atoms with Crippen LogP contribution in [0.2, 0.25) is 0 Å². The summed E-state index contributed by atoms with van der Waals surface area (Å²) in [5.41, 5.74) is 8.33. The normalized spacial score (nSPS) is 11.2.